The van der Waals surface area contributed by atoms with E-state index in [-0.39, 0.29) is 0 Å². The van der Waals surface area contributed by atoms with Crippen molar-refractivity contribution in [3.63, 3.8) is 0 Å². The first-order chi connectivity index (χ1) is 9.83. The molecule has 20 heavy (non-hydrogen) atoms. The summed E-state index contributed by atoms with van der Waals surface area (Å²) in [5.41, 5.74) is 0. The fourth-order valence-corrected chi connectivity index (χ4v) is 2.72. The Balaban J connectivity index is 1.74. The van der Waals surface area contributed by atoms with E-state index < -0.39 is 0 Å². The van der Waals surface area contributed by atoms with Gasteiger partial charge in [0.25, 0.3) is 0 Å². The van der Waals surface area contributed by atoms with Crippen molar-refractivity contribution in [3.05, 3.63) is 24.3 Å². The molecule has 0 bridgehead atoms. The van der Waals surface area contributed by atoms with Crippen LogP contribution in [0.2, 0.25) is 0 Å². The Morgan fingerprint density at radius 1 is 1.15 bits per heavy atom. The highest BCUT2D eigenvalue weighted by Gasteiger charge is 2.19. The van der Waals surface area contributed by atoms with E-state index in [1.807, 2.05) is 24.3 Å². The molecule has 1 aliphatic rings. The van der Waals surface area contributed by atoms with E-state index in [0.29, 0.717) is 6.04 Å². The molecule has 0 aromatic heterocycles. The molecule has 0 saturated carbocycles. The Hall–Kier alpha value is -1.26. The largest absolute Gasteiger partial charge is 0.497 e. The van der Waals surface area contributed by atoms with Crippen LogP contribution in [0.5, 0.6) is 11.5 Å². The van der Waals surface area contributed by atoms with Crippen molar-refractivity contribution in [2.45, 2.75) is 25.8 Å². The number of hydrogen-bond acceptors (Lipinski definition) is 4. The van der Waals surface area contributed by atoms with E-state index in [2.05, 4.69) is 17.1 Å². The van der Waals surface area contributed by atoms with Crippen molar-refractivity contribution < 1.29 is 9.47 Å². The van der Waals surface area contributed by atoms with Gasteiger partial charge in [-0.1, -0.05) is 6.92 Å². The van der Waals surface area contributed by atoms with Crippen molar-refractivity contribution in [2.75, 3.05) is 39.9 Å². The van der Waals surface area contributed by atoms with Gasteiger partial charge in [-0.05, 0) is 56.7 Å². The van der Waals surface area contributed by atoms with Gasteiger partial charge in [-0.15, -0.1) is 0 Å². The number of hydrogen-bond donors (Lipinski definition) is 1. The van der Waals surface area contributed by atoms with Gasteiger partial charge >= 0.3 is 0 Å². The summed E-state index contributed by atoms with van der Waals surface area (Å²) >= 11 is 0. The zero-order valence-electron chi connectivity index (χ0n) is 12.6. The van der Waals surface area contributed by atoms with Crippen LogP contribution in [0, 0.1) is 0 Å². The Bertz CT molecular complexity index is 375. The van der Waals surface area contributed by atoms with Crippen LogP contribution in [0.25, 0.3) is 0 Å². The van der Waals surface area contributed by atoms with Gasteiger partial charge in [-0.3, -0.25) is 4.90 Å². The predicted molar refractivity (Wildman–Crippen MR) is 81.6 cm³/mol. The predicted octanol–water partition coefficient (Wildman–Crippen LogP) is 2.15. The van der Waals surface area contributed by atoms with Gasteiger partial charge in [-0.2, -0.15) is 0 Å². The van der Waals surface area contributed by atoms with Crippen molar-refractivity contribution >= 4 is 0 Å². The highest BCUT2D eigenvalue weighted by molar-refractivity contribution is 5.31. The number of ether oxygens (including phenoxy) is 2. The maximum absolute atomic E-state index is 5.82. The normalized spacial score (nSPS) is 16.4. The maximum atomic E-state index is 5.82. The Kier molecular flexibility index (Phi) is 6.15. The lowest BCUT2D eigenvalue weighted by Gasteiger charge is -2.33. The molecule has 0 atom stereocenters. The molecule has 1 fully saturated rings. The molecule has 1 N–H and O–H groups in total. The Morgan fingerprint density at radius 3 is 2.40 bits per heavy atom. The van der Waals surface area contributed by atoms with Crippen molar-refractivity contribution in [1.29, 1.82) is 0 Å². The molecule has 0 aliphatic carbocycles. The maximum Gasteiger partial charge on any atom is 0.119 e. The number of methoxy groups -OCH3 is 1. The highest BCUT2D eigenvalue weighted by atomic mass is 16.5. The van der Waals surface area contributed by atoms with Gasteiger partial charge in [0.15, 0.2) is 0 Å². The number of benzene rings is 1. The number of nitrogens with one attached hydrogen (secondary N) is 1. The van der Waals surface area contributed by atoms with Gasteiger partial charge < -0.3 is 14.8 Å². The standard InChI is InChI=1S/C16H26N2O2/c1-3-18(14-8-10-17-11-9-14)12-13-20-16-6-4-15(19-2)5-7-16/h4-7,14,17H,3,8-13H2,1-2H3. The molecule has 4 nitrogen and oxygen atoms in total. The lowest BCUT2D eigenvalue weighted by Crippen LogP contribution is -2.44. The SMILES string of the molecule is CCN(CCOc1ccc(OC)cc1)C1CCNCC1. The molecule has 4 heteroatoms. The summed E-state index contributed by atoms with van der Waals surface area (Å²) in [6.45, 7) is 7.34. The second-order valence-electron chi connectivity index (χ2n) is 5.13. The average Bonchev–Trinajstić information content (AvgIpc) is 2.53. The second-order valence-corrected chi connectivity index (χ2v) is 5.13. The second kappa shape index (κ2) is 8.12. The summed E-state index contributed by atoms with van der Waals surface area (Å²) in [5.74, 6) is 1.77. The lowest BCUT2D eigenvalue weighted by molar-refractivity contribution is 0.141. The van der Waals surface area contributed by atoms with Gasteiger partial charge in [0, 0.05) is 12.6 Å². The molecule has 0 spiro atoms. The van der Waals surface area contributed by atoms with Crippen LogP contribution < -0.4 is 14.8 Å². The molecule has 1 aromatic carbocycles. The average molecular weight is 278 g/mol. The third kappa shape index (κ3) is 4.39. The van der Waals surface area contributed by atoms with E-state index in [1.54, 1.807) is 7.11 Å². The third-order valence-electron chi connectivity index (χ3n) is 3.94. The van der Waals surface area contributed by atoms with E-state index in [1.165, 1.54) is 12.8 Å². The minimum absolute atomic E-state index is 0.709. The van der Waals surface area contributed by atoms with Crippen molar-refractivity contribution in [3.8, 4) is 11.5 Å². The zero-order valence-corrected chi connectivity index (χ0v) is 12.6. The van der Waals surface area contributed by atoms with Crippen LogP contribution in [-0.2, 0) is 0 Å². The van der Waals surface area contributed by atoms with Gasteiger partial charge in [0.2, 0.25) is 0 Å². The zero-order chi connectivity index (χ0) is 14.2. The minimum Gasteiger partial charge on any atom is -0.497 e. The monoisotopic (exact) mass is 278 g/mol. The molecule has 1 aliphatic heterocycles. The fraction of sp³-hybridized carbons (Fsp3) is 0.625. The molecule has 1 heterocycles. The summed E-state index contributed by atoms with van der Waals surface area (Å²) in [6.07, 6.45) is 2.49. The van der Waals surface area contributed by atoms with Crippen LogP contribution in [0.4, 0.5) is 0 Å². The molecule has 2 rings (SSSR count). The molecular weight excluding hydrogens is 252 g/mol. The first kappa shape index (κ1) is 15.1. The molecule has 0 radical (unpaired) electrons. The highest BCUT2D eigenvalue weighted by Crippen LogP contribution is 2.17. The number of likely N-dealkylation sites (N-methyl/N-ethyl adjacent to an activating group) is 1. The van der Waals surface area contributed by atoms with Crippen LogP contribution in [0.3, 0.4) is 0 Å². The summed E-state index contributed by atoms with van der Waals surface area (Å²) in [4.78, 5) is 2.53. The van der Waals surface area contributed by atoms with E-state index in [9.17, 15) is 0 Å². The molecular formula is C16H26N2O2. The first-order valence-electron chi connectivity index (χ1n) is 7.55. The van der Waals surface area contributed by atoms with Crippen molar-refractivity contribution in [1.82, 2.24) is 10.2 Å². The van der Waals surface area contributed by atoms with Gasteiger partial charge in [-0.25, -0.2) is 0 Å². The van der Waals surface area contributed by atoms with Crippen LogP contribution in [-0.4, -0.2) is 50.8 Å². The van der Waals surface area contributed by atoms with Gasteiger partial charge in [0.1, 0.15) is 18.1 Å². The van der Waals surface area contributed by atoms with E-state index >= 15 is 0 Å². The molecule has 0 amide bonds. The Labute approximate surface area is 122 Å². The summed E-state index contributed by atoms with van der Waals surface area (Å²) in [7, 11) is 1.67. The summed E-state index contributed by atoms with van der Waals surface area (Å²) < 4.78 is 11.0. The lowest BCUT2D eigenvalue weighted by atomic mass is 10.1. The summed E-state index contributed by atoms with van der Waals surface area (Å²) in [6, 6.07) is 8.49. The quantitative estimate of drug-likeness (QED) is 0.828. The van der Waals surface area contributed by atoms with Crippen LogP contribution >= 0.6 is 0 Å². The molecule has 1 saturated heterocycles. The minimum atomic E-state index is 0.709. The van der Waals surface area contributed by atoms with E-state index in [4.69, 9.17) is 9.47 Å². The number of piperidine rings is 1. The van der Waals surface area contributed by atoms with E-state index in [0.717, 1.165) is 44.3 Å². The molecule has 0 unspecified atom stereocenters. The summed E-state index contributed by atoms with van der Waals surface area (Å²) in [5, 5.41) is 3.42. The van der Waals surface area contributed by atoms with Crippen LogP contribution in [0.1, 0.15) is 19.8 Å². The van der Waals surface area contributed by atoms with Gasteiger partial charge in [0.05, 0.1) is 7.11 Å². The molecule has 1 aromatic rings. The number of nitrogens with zero attached hydrogens (tertiary/aromatic N) is 1. The first-order valence-corrected chi connectivity index (χ1v) is 7.55. The van der Waals surface area contributed by atoms with Crippen LogP contribution in [0.15, 0.2) is 24.3 Å². The third-order valence-corrected chi connectivity index (χ3v) is 3.94. The van der Waals surface area contributed by atoms with Crippen molar-refractivity contribution in [2.24, 2.45) is 0 Å². The fourth-order valence-electron chi connectivity index (χ4n) is 2.72. The number of rotatable bonds is 7. The Morgan fingerprint density at radius 2 is 1.80 bits per heavy atom. The molecule has 112 valence electrons. The topological polar surface area (TPSA) is 33.7 Å². The smallest absolute Gasteiger partial charge is 0.119 e.